The molecule has 0 aliphatic carbocycles. The summed E-state index contributed by atoms with van der Waals surface area (Å²) in [5.74, 6) is 0. The molecular weight excluding hydrogens is 247 g/mol. The van der Waals surface area contributed by atoms with Crippen LogP contribution in [0.15, 0.2) is 23.4 Å². The highest BCUT2D eigenvalue weighted by molar-refractivity contribution is 8.13. The van der Waals surface area contributed by atoms with Gasteiger partial charge in [-0.3, -0.25) is 0 Å². The van der Waals surface area contributed by atoms with Gasteiger partial charge >= 0.3 is 0 Å². The Morgan fingerprint density at radius 3 is 2.71 bits per heavy atom. The molecule has 0 amide bonds. The zero-order valence-electron chi connectivity index (χ0n) is 6.66. The van der Waals surface area contributed by atoms with Gasteiger partial charge in [0.1, 0.15) is 5.52 Å². The summed E-state index contributed by atoms with van der Waals surface area (Å²) >= 11 is 5.80. The highest BCUT2D eigenvalue weighted by Crippen LogP contribution is 2.26. The van der Waals surface area contributed by atoms with Crippen molar-refractivity contribution >= 4 is 42.4 Å². The predicted octanol–water partition coefficient (Wildman–Crippen LogP) is 2.14. The minimum atomic E-state index is -3.75. The molecule has 2 rings (SSSR count). The topological polar surface area (TPSA) is 62.8 Å². The van der Waals surface area contributed by atoms with Gasteiger partial charge in [-0.05, 0) is 12.1 Å². The lowest BCUT2D eigenvalue weighted by atomic mass is 10.3. The van der Waals surface area contributed by atoms with E-state index in [2.05, 4.69) is 9.97 Å². The molecule has 0 aliphatic heterocycles. The average Bonchev–Trinajstić information content (AvgIpc) is 2.50. The van der Waals surface area contributed by atoms with Gasteiger partial charge in [-0.15, -0.1) is 0 Å². The Hall–Kier alpha value is -0.780. The molecule has 0 atom stereocenters. The van der Waals surface area contributed by atoms with Crippen molar-refractivity contribution in [1.29, 1.82) is 0 Å². The Morgan fingerprint density at radius 1 is 1.36 bits per heavy atom. The number of rotatable bonds is 1. The Labute approximate surface area is 89.3 Å². The summed E-state index contributed by atoms with van der Waals surface area (Å²) in [6.07, 6.45) is 1.43. The molecule has 7 heteroatoms. The molecule has 14 heavy (non-hydrogen) atoms. The number of hydrogen-bond acceptors (Lipinski definition) is 3. The van der Waals surface area contributed by atoms with Crippen molar-refractivity contribution < 1.29 is 8.42 Å². The van der Waals surface area contributed by atoms with Crippen LogP contribution in [0.4, 0.5) is 0 Å². The number of imidazole rings is 1. The highest BCUT2D eigenvalue weighted by Gasteiger charge is 2.13. The van der Waals surface area contributed by atoms with Crippen LogP contribution in [0.25, 0.3) is 11.0 Å². The van der Waals surface area contributed by atoms with Crippen LogP contribution >= 0.6 is 22.3 Å². The zero-order chi connectivity index (χ0) is 10.3. The second-order valence-electron chi connectivity index (χ2n) is 2.64. The van der Waals surface area contributed by atoms with Gasteiger partial charge in [-0.25, -0.2) is 13.4 Å². The van der Waals surface area contributed by atoms with Crippen molar-refractivity contribution in [2.24, 2.45) is 0 Å². The molecule has 0 spiro atoms. The summed E-state index contributed by atoms with van der Waals surface area (Å²) in [6.45, 7) is 0. The van der Waals surface area contributed by atoms with E-state index < -0.39 is 9.05 Å². The van der Waals surface area contributed by atoms with Gasteiger partial charge in [0, 0.05) is 10.7 Å². The first-order valence-corrected chi connectivity index (χ1v) is 6.24. The van der Waals surface area contributed by atoms with Crippen molar-refractivity contribution in [2.75, 3.05) is 0 Å². The largest absolute Gasteiger partial charge is 0.345 e. The number of halogens is 2. The van der Waals surface area contributed by atoms with E-state index in [9.17, 15) is 8.42 Å². The molecular formula is C7H4Cl2N2O2S. The van der Waals surface area contributed by atoms with Gasteiger partial charge in [-0.1, -0.05) is 11.6 Å². The first-order chi connectivity index (χ1) is 6.48. The molecule has 74 valence electrons. The normalized spacial score (nSPS) is 12.1. The number of fused-ring (bicyclic) bond motifs is 1. The van der Waals surface area contributed by atoms with Crippen LogP contribution in [-0.4, -0.2) is 18.4 Å². The fourth-order valence-electron chi connectivity index (χ4n) is 1.12. The van der Waals surface area contributed by atoms with E-state index in [1.807, 2.05) is 0 Å². The van der Waals surface area contributed by atoms with Crippen molar-refractivity contribution in [2.45, 2.75) is 4.90 Å². The molecule has 0 bridgehead atoms. The molecule has 0 saturated heterocycles. The fraction of sp³-hybridized carbons (Fsp3) is 0. The number of nitrogens with one attached hydrogen (secondary N) is 1. The van der Waals surface area contributed by atoms with Crippen LogP contribution in [0, 0.1) is 0 Å². The summed E-state index contributed by atoms with van der Waals surface area (Å²) < 4.78 is 22.0. The van der Waals surface area contributed by atoms with Crippen LogP contribution in [0.1, 0.15) is 0 Å². The smallest absolute Gasteiger partial charge is 0.261 e. The molecule has 2 aromatic rings. The molecule has 1 N–H and O–H groups in total. The van der Waals surface area contributed by atoms with E-state index >= 15 is 0 Å². The van der Waals surface area contributed by atoms with Gasteiger partial charge in [-0.2, -0.15) is 0 Å². The van der Waals surface area contributed by atoms with Crippen LogP contribution < -0.4 is 0 Å². The molecule has 0 fully saturated rings. The maximum absolute atomic E-state index is 11.0. The van der Waals surface area contributed by atoms with E-state index in [0.29, 0.717) is 11.0 Å². The second kappa shape index (κ2) is 3.12. The molecule has 0 saturated carbocycles. The fourth-order valence-corrected chi connectivity index (χ4v) is 2.24. The Bertz CT molecular complexity index is 591. The van der Waals surface area contributed by atoms with Crippen molar-refractivity contribution in [3.8, 4) is 0 Å². The predicted molar refractivity (Wildman–Crippen MR) is 54.1 cm³/mol. The van der Waals surface area contributed by atoms with Crippen molar-refractivity contribution in [3.63, 3.8) is 0 Å². The number of hydrogen-bond donors (Lipinski definition) is 1. The Balaban J connectivity index is 2.83. The third kappa shape index (κ3) is 1.58. The summed E-state index contributed by atoms with van der Waals surface area (Å²) in [5, 5.41) is 0.253. The van der Waals surface area contributed by atoms with Crippen LogP contribution in [0.2, 0.25) is 5.02 Å². The number of nitrogens with zero attached hydrogens (tertiary/aromatic N) is 1. The molecule has 1 aromatic carbocycles. The molecule has 0 aliphatic rings. The number of aromatic nitrogens is 2. The summed E-state index contributed by atoms with van der Waals surface area (Å²) in [6, 6.07) is 2.66. The highest BCUT2D eigenvalue weighted by atomic mass is 35.7. The van der Waals surface area contributed by atoms with E-state index in [-0.39, 0.29) is 9.92 Å². The monoisotopic (exact) mass is 250 g/mol. The average molecular weight is 251 g/mol. The second-order valence-corrected chi connectivity index (χ2v) is 5.61. The standard InChI is InChI=1S/C7H4Cl2N2O2S/c8-5-1-4(14(9,12)13)2-6-7(5)11-3-10-6/h1-3H,(H,10,11). The Kier molecular flexibility index (Phi) is 2.17. The van der Waals surface area contributed by atoms with E-state index in [1.165, 1.54) is 18.5 Å². The third-order valence-corrected chi connectivity index (χ3v) is 3.35. The molecule has 0 unspecified atom stereocenters. The SMILES string of the molecule is O=S(=O)(Cl)c1cc(Cl)c2nc[nH]c2c1. The van der Waals surface area contributed by atoms with Crippen LogP contribution in [0.3, 0.4) is 0 Å². The molecule has 4 nitrogen and oxygen atoms in total. The van der Waals surface area contributed by atoms with Gasteiger partial charge in [0.15, 0.2) is 0 Å². The lowest BCUT2D eigenvalue weighted by Crippen LogP contribution is -1.90. The maximum Gasteiger partial charge on any atom is 0.261 e. The first-order valence-electron chi connectivity index (χ1n) is 3.56. The Morgan fingerprint density at radius 2 is 2.07 bits per heavy atom. The summed E-state index contributed by atoms with van der Waals surface area (Å²) in [4.78, 5) is 6.63. The van der Waals surface area contributed by atoms with Crippen molar-refractivity contribution in [1.82, 2.24) is 9.97 Å². The minimum absolute atomic E-state index is 0.0408. The first kappa shape index (κ1) is 9.76. The third-order valence-electron chi connectivity index (χ3n) is 1.73. The lowest BCUT2D eigenvalue weighted by molar-refractivity contribution is 0.609. The van der Waals surface area contributed by atoms with Crippen LogP contribution in [0.5, 0.6) is 0 Å². The molecule has 1 aromatic heterocycles. The van der Waals surface area contributed by atoms with E-state index in [0.717, 1.165) is 0 Å². The van der Waals surface area contributed by atoms with Gasteiger partial charge in [0.25, 0.3) is 9.05 Å². The number of benzene rings is 1. The summed E-state index contributed by atoms with van der Waals surface area (Å²) in [7, 11) is 1.42. The van der Waals surface area contributed by atoms with E-state index in [4.69, 9.17) is 22.3 Å². The quantitative estimate of drug-likeness (QED) is 0.790. The number of H-pyrrole nitrogens is 1. The van der Waals surface area contributed by atoms with Gasteiger partial charge in [0.05, 0.1) is 21.8 Å². The van der Waals surface area contributed by atoms with Gasteiger partial charge < -0.3 is 4.98 Å². The maximum atomic E-state index is 11.0. The summed E-state index contributed by atoms with van der Waals surface area (Å²) in [5.41, 5.74) is 1.06. The van der Waals surface area contributed by atoms with Crippen LogP contribution in [-0.2, 0) is 9.05 Å². The molecule has 1 heterocycles. The minimum Gasteiger partial charge on any atom is -0.345 e. The van der Waals surface area contributed by atoms with Gasteiger partial charge in [0.2, 0.25) is 0 Å². The van der Waals surface area contributed by atoms with Crippen molar-refractivity contribution in [3.05, 3.63) is 23.5 Å². The van der Waals surface area contributed by atoms with E-state index in [1.54, 1.807) is 0 Å². The lowest BCUT2D eigenvalue weighted by Gasteiger charge is -1.97. The molecule has 0 radical (unpaired) electrons. The number of aromatic amines is 1. The zero-order valence-corrected chi connectivity index (χ0v) is 8.99.